The molecule has 3 aromatic carbocycles. The molecule has 174 valence electrons. The average Bonchev–Trinajstić information content (AvgIpc) is 2.79. The fourth-order valence-electron chi connectivity index (χ4n) is 2.94. The van der Waals surface area contributed by atoms with Gasteiger partial charge in [0.05, 0.1) is 17.2 Å². The van der Waals surface area contributed by atoms with Gasteiger partial charge in [-0.3, -0.25) is 0 Å². The van der Waals surface area contributed by atoms with Gasteiger partial charge in [-0.05, 0) is 36.4 Å². The summed E-state index contributed by atoms with van der Waals surface area (Å²) in [7, 11) is 0. The second-order valence-corrected chi connectivity index (χ2v) is 6.99. The van der Waals surface area contributed by atoms with Gasteiger partial charge >= 0.3 is 12.4 Å². The third-order valence-corrected chi connectivity index (χ3v) is 4.48. The van der Waals surface area contributed by atoms with Crippen molar-refractivity contribution in [3.8, 4) is 34.6 Å². The van der Waals surface area contributed by atoms with Crippen LogP contribution in [-0.2, 0) is 12.4 Å². The van der Waals surface area contributed by atoms with Crippen LogP contribution in [0.25, 0.3) is 11.4 Å². The highest BCUT2D eigenvalue weighted by atomic mass is 19.4. The summed E-state index contributed by atoms with van der Waals surface area (Å²) in [4.78, 5) is 8.43. The van der Waals surface area contributed by atoms with Crippen LogP contribution in [0.1, 0.15) is 11.1 Å². The summed E-state index contributed by atoms with van der Waals surface area (Å²) in [6.45, 7) is 0. The van der Waals surface area contributed by atoms with Crippen molar-refractivity contribution in [2.24, 2.45) is 0 Å². The molecule has 0 spiro atoms. The van der Waals surface area contributed by atoms with Gasteiger partial charge in [-0.2, -0.15) is 36.3 Å². The van der Waals surface area contributed by atoms with Gasteiger partial charge in [0.1, 0.15) is 11.5 Å². The van der Waals surface area contributed by atoms with Gasteiger partial charge < -0.3 is 9.47 Å². The minimum atomic E-state index is -4.57. The van der Waals surface area contributed by atoms with E-state index in [0.717, 1.165) is 24.3 Å². The smallest absolute Gasteiger partial charge is 0.416 e. The number of benzene rings is 3. The Morgan fingerprint density at radius 3 is 1.44 bits per heavy atom. The number of aromatic nitrogens is 2. The Hall–Kier alpha value is -4.08. The Kier molecular flexibility index (Phi) is 6.14. The number of ether oxygens (including phenoxy) is 2. The maximum atomic E-state index is 13.0. The summed E-state index contributed by atoms with van der Waals surface area (Å²) in [5.41, 5.74) is -1.29. The van der Waals surface area contributed by atoms with Crippen LogP contribution in [0.4, 0.5) is 26.3 Å². The van der Waals surface area contributed by atoms with Gasteiger partial charge in [0.25, 0.3) is 0 Å². The van der Waals surface area contributed by atoms with E-state index in [2.05, 4.69) is 9.97 Å². The largest absolute Gasteiger partial charge is 0.439 e. The van der Waals surface area contributed by atoms with Crippen molar-refractivity contribution in [3.05, 3.63) is 96.1 Å². The lowest BCUT2D eigenvalue weighted by Crippen LogP contribution is -2.05. The number of alkyl halides is 6. The van der Waals surface area contributed by atoms with Crippen molar-refractivity contribution in [2.75, 3.05) is 0 Å². The molecular formula is C24H14F6N2O2. The molecule has 1 aromatic heterocycles. The Morgan fingerprint density at radius 2 is 1.00 bits per heavy atom. The summed E-state index contributed by atoms with van der Waals surface area (Å²) in [5.74, 6) is -0.493. The molecule has 34 heavy (non-hydrogen) atoms. The molecule has 4 nitrogen and oxygen atoms in total. The van der Waals surface area contributed by atoms with Crippen molar-refractivity contribution in [1.29, 1.82) is 0 Å². The molecule has 0 saturated carbocycles. The number of rotatable bonds is 5. The number of nitrogens with zero attached hydrogens (tertiary/aromatic N) is 2. The number of halogens is 6. The van der Waals surface area contributed by atoms with Gasteiger partial charge in [-0.15, -0.1) is 0 Å². The molecule has 0 aliphatic heterocycles. The second kappa shape index (κ2) is 9.05. The highest BCUT2D eigenvalue weighted by Gasteiger charge is 2.31. The third kappa shape index (κ3) is 5.64. The minimum absolute atomic E-state index is 0.104. The molecule has 0 aliphatic carbocycles. The Bertz CT molecular complexity index is 1210. The Morgan fingerprint density at radius 1 is 0.529 bits per heavy atom. The van der Waals surface area contributed by atoms with Crippen molar-refractivity contribution in [2.45, 2.75) is 12.4 Å². The van der Waals surface area contributed by atoms with Gasteiger partial charge in [0.2, 0.25) is 11.8 Å². The maximum absolute atomic E-state index is 13.0. The fourth-order valence-corrected chi connectivity index (χ4v) is 2.94. The molecule has 0 radical (unpaired) electrons. The fraction of sp³-hybridized carbons (Fsp3) is 0.0833. The first-order chi connectivity index (χ1) is 16.1. The molecule has 0 amide bonds. The summed E-state index contributed by atoms with van der Waals surface area (Å²) in [5, 5.41) is 0. The van der Waals surface area contributed by atoms with Crippen LogP contribution < -0.4 is 9.47 Å². The van der Waals surface area contributed by atoms with E-state index in [-0.39, 0.29) is 29.1 Å². The van der Waals surface area contributed by atoms with E-state index < -0.39 is 23.5 Å². The van der Waals surface area contributed by atoms with Crippen LogP contribution in [0.3, 0.4) is 0 Å². The molecule has 0 fully saturated rings. The van der Waals surface area contributed by atoms with E-state index in [4.69, 9.17) is 9.47 Å². The van der Waals surface area contributed by atoms with E-state index in [1.165, 1.54) is 30.3 Å². The lowest BCUT2D eigenvalue weighted by Gasteiger charge is -2.13. The van der Waals surface area contributed by atoms with E-state index in [9.17, 15) is 26.3 Å². The Balaban J connectivity index is 1.71. The van der Waals surface area contributed by atoms with Crippen molar-refractivity contribution in [3.63, 3.8) is 0 Å². The molecule has 0 atom stereocenters. The quantitative estimate of drug-likeness (QED) is 0.276. The van der Waals surface area contributed by atoms with Crippen LogP contribution in [0.15, 0.2) is 84.9 Å². The zero-order valence-electron chi connectivity index (χ0n) is 17.1. The third-order valence-electron chi connectivity index (χ3n) is 4.48. The highest BCUT2D eigenvalue weighted by molar-refractivity contribution is 5.56. The highest BCUT2D eigenvalue weighted by Crippen LogP contribution is 2.35. The summed E-state index contributed by atoms with van der Waals surface area (Å²) in [6, 6.07) is 18.1. The molecule has 0 N–H and O–H groups in total. The first-order valence-electron chi connectivity index (χ1n) is 9.73. The topological polar surface area (TPSA) is 44.2 Å². The number of hydrogen-bond acceptors (Lipinski definition) is 4. The molecule has 0 saturated heterocycles. The van der Waals surface area contributed by atoms with Gasteiger partial charge in [-0.25, -0.2) is 0 Å². The molecule has 1 heterocycles. The van der Waals surface area contributed by atoms with E-state index in [1.807, 2.05) is 0 Å². The van der Waals surface area contributed by atoms with Crippen LogP contribution in [-0.4, -0.2) is 9.97 Å². The zero-order valence-corrected chi connectivity index (χ0v) is 17.1. The first kappa shape index (κ1) is 23.1. The van der Waals surface area contributed by atoms with Crippen molar-refractivity contribution in [1.82, 2.24) is 9.97 Å². The SMILES string of the molecule is FC(F)(F)c1cccc(Oc2cc(Oc3cccc(C(F)(F)F)c3)nc(-c3ccccc3)n2)c1. The molecule has 0 unspecified atom stereocenters. The van der Waals surface area contributed by atoms with Crippen molar-refractivity contribution >= 4 is 0 Å². The van der Waals surface area contributed by atoms with Crippen molar-refractivity contribution < 1.29 is 35.8 Å². The monoisotopic (exact) mass is 476 g/mol. The van der Waals surface area contributed by atoms with Crippen LogP contribution >= 0.6 is 0 Å². The van der Waals surface area contributed by atoms with E-state index in [0.29, 0.717) is 5.56 Å². The van der Waals surface area contributed by atoms with Gasteiger partial charge in [-0.1, -0.05) is 42.5 Å². The van der Waals surface area contributed by atoms with E-state index >= 15 is 0 Å². The molecule has 4 rings (SSSR count). The van der Waals surface area contributed by atoms with Gasteiger partial charge in [0.15, 0.2) is 5.82 Å². The molecule has 0 aliphatic rings. The molecule has 4 aromatic rings. The van der Waals surface area contributed by atoms with Crippen LogP contribution in [0.2, 0.25) is 0 Å². The summed E-state index contributed by atoms with van der Waals surface area (Å²) in [6.07, 6.45) is -9.14. The van der Waals surface area contributed by atoms with Crippen LogP contribution in [0.5, 0.6) is 23.3 Å². The first-order valence-corrected chi connectivity index (χ1v) is 9.73. The Labute approximate surface area is 189 Å². The predicted octanol–water partition coefficient (Wildman–Crippen LogP) is 7.77. The average molecular weight is 476 g/mol. The zero-order chi connectivity index (χ0) is 24.3. The molecule has 0 bridgehead atoms. The predicted molar refractivity (Wildman–Crippen MR) is 111 cm³/mol. The minimum Gasteiger partial charge on any atom is -0.439 e. The molecular weight excluding hydrogens is 462 g/mol. The number of hydrogen-bond donors (Lipinski definition) is 0. The summed E-state index contributed by atoms with van der Waals surface area (Å²) < 4.78 is 89.2. The lowest BCUT2D eigenvalue weighted by atomic mass is 10.2. The molecule has 10 heteroatoms. The van der Waals surface area contributed by atoms with Crippen LogP contribution in [0, 0.1) is 0 Å². The van der Waals surface area contributed by atoms with E-state index in [1.54, 1.807) is 30.3 Å². The second-order valence-electron chi connectivity index (χ2n) is 6.99. The maximum Gasteiger partial charge on any atom is 0.416 e. The van der Waals surface area contributed by atoms with Gasteiger partial charge in [0, 0.05) is 5.56 Å². The normalized spacial score (nSPS) is 11.8. The lowest BCUT2D eigenvalue weighted by molar-refractivity contribution is -0.138. The standard InChI is InChI=1S/C24H14F6N2O2/c25-23(26,27)16-8-4-10-18(12-16)33-20-14-21(32-22(31-20)15-6-2-1-3-7-15)34-19-11-5-9-17(13-19)24(28,29)30/h1-14H. The summed E-state index contributed by atoms with van der Waals surface area (Å²) >= 11 is 0.